The van der Waals surface area contributed by atoms with Crippen LogP contribution in [-0.2, 0) is 6.54 Å². The summed E-state index contributed by atoms with van der Waals surface area (Å²) in [4.78, 5) is 24.3. The van der Waals surface area contributed by atoms with Crippen LogP contribution in [0.4, 0.5) is 11.8 Å². The van der Waals surface area contributed by atoms with Crippen LogP contribution in [0.25, 0.3) is 0 Å². The van der Waals surface area contributed by atoms with E-state index < -0.39 is 0 Å². The minimum atomic E-state index is 0.720. The lowest BCUT2D eigenvalue weighted by atomic mass is 10.0. The van der Waals surface area contributed by atoms with Gasteiger partial charge in [-0.15, -0.1) is 0 Å². The molecule has 0 aliphatic carbocycles. The number of hydrogen-bond donors (Lipinski definition) is 0. The number of aryl methyl sites for hydroxylation is 1. The molecule has 2 aliphatic rings. The van der Waals surface area contributed by atoms with E-state index in [0.29, 0.717) is 0 Å². The molecule has 7 nitrogen and oxygen atoms in total. The summed E-state index contributed by atoms with van der Waals surface area (Å²) in [5.41, 5.74) is 2.22. The van der Waals surface area contributed by atoms with Gasteiger partial charge in [-0.25, -0.2) is 19.9 Å². The molecule has 4 rings (SSSR count). The Morgan fingerprint density at radius 2 is 1.68 bits per heavy atom. The number of rotatable bonds is 4. The Bertz CT molecular complexity index is 716. The zero-order valence-corrected chi connectivity index (χ0v) is 15.1. The minimum Gasteiger partial charge on any atom is -0.356 e. The maximum atomic E-state index is 4.44. The summed E-state index contributed by atoms with van der Waals surface area (Å²) in [5, 5.41) is 0. The SMILES string of the molecule is Cc1cc(N2CC3CN(Cc4cnc(N(C)C)nc4)CC3C2)ncn1. The predicted molar refractivity (Wildman–Crippen MR) is 97.6 cm³/mol. The van der Waals surface area contributed by atoms with Gasteiger partial charge >= 0.3 is 0 Å². The maximum Gasteiger partial charge on any atom is 0.224 e. The molecule has 2 aromatic rings. The molecule has 7 heteroatoms. The molecule has 4 heterocycles. The Morgan fingerprint density at radius 3 is 2.28 bits per heavy atom. The van der Waals surface area contributed by atoms with E-state index in [9.17, 15) is 0 Å². The average Bonchev–Trinajstić information content (AvgIpc) is 3.14. The lowest BCUT2D eigenvalue weighted by molar-refractivity contribution is 0.308. The van der Waals surface area contributed by atoms with Gasteiger partial charge in [-0.05, 0) is 18.8 Å². The number of likely N-dealkylation sites (tertiary alicyclic amines) is 1. The van der Waals surface area contributed by atoms with Gasteiger partial charge in [0, 0.05) is 76.5 Å². The third-order valence-electron chi connectivity index (χ3n) is 5.17. The van der Waals surface area contributed by atoms with Gasteiger partial charge in [-0.3, -0.25) is 4.90 Å². The van der Waals surface area contributed by atoms with Gasteiger partial charge < -0.3 is 9.80 Å². The van der Waals surface area contributed by atoms with Crippen molar-refractivity contribution in [2.75, 3.05) is 50.1 Å². The molecule has 2 aromatic heterocycles. The molecule has 0 bridgehead atoms. The lowest BCUT2D eigenvalue weighted by Gasteiger charge is -2.22. The number of nitrogens with zero attached hydrogens (tertiary/aromatic N) is 7. The number of fused-ring (bicyclic) bond motifs is 1. The van der Waals surface area contributed by atoms with Crippen LogP contribution in [0.15, 0.2) is 24.8 Å². The van der Waals surface area contributed by atoms with Crippen molar-refractivity contribution in [1.29, 1.82) is 0 Å². The van der Waals surface area contributed by atoms with Crippen LogP contribution in [-0.4, -0.2) is 65.1 Å². The van der Waals surface area contributed by atoms with Crippen molar-refractivity contribution < 1.29 is 0 Å². The topological polar surface area (TPSA) is 61.3 Å². The monoisotopic (exact) mass is 339 g/mol. The van der Waals surface area contributed by atoms with Crippen molar-refractivity contribution in [2.45, 2.75) is 13.5 Å². The summed E-state index contributed by atoms with van der Waals surface area (Å²) in [6, 6.07) is 2.09. The minimum absolute atomic E-state index is 0.720. The number of anilines is 2. The summed E-state index contributed by atoms with van der Waals surface area (Å²) < 4.78 is 0. The van der Waals surface area contributed by atoms with Crippen molar-refractivity contribution in [1.82, 2.24) is 24.8 Å². The molecular weight excluding hydrogens is 314 g/mol. The van der Waals surface area contributed by atoms with Gasteiger partial charge in [-0.2, -0.15) is 0 Å². The first kappa shape index (κ1) is 16.2. The molecule has 0 spiro atoms. The summed E-state index contributed by atoms with van der Waals surface area (Å²) in [6.07, 6.45) is 5.57. The fourth-order valence-corrected chi connectivity index (χ4v) is 3.94. The highest BCUT2D eigenvalue weighted by atomic mass is 15.3. The van der Waals surface area contributed by atoms with Crippen LogP contribution in [0.2, 0.25) is 0 Å². The zero-order chi connectivity index (χ0) is 17.4. The zero-order valence-electron chi connectivity index (χ0n) is 15.1. The largest absolute Gasteiger partial charge is 0.356 e. The fourth-order valence-electron chi connectivity index (χ4n) is 3.94. The molecule has 25 heavy (non-hydrogen) atoms. The Kier molecular flexibility index (Phi) is 4.25. The van der Waals surface area contributed by atoms with Crippen LogP contribution >= 0.6 is 0 Å². The molecule has 0 radical (unpaired) electrons. The molecule has 132 valence electrons. The molecule has 0 saturated carbocycles. The maximum absolute atomic E-state index is 4.44. The molecular formula is C18H25N7. The Balaban J connectivity index is 1.35. The van der Waals surface area contributed by atoms with Crippen LogP contribution in [0.1, 0.15) is 11.3 Å². The van der Waals surface area contributed by atoms with Gasteiger partial charge in [0.1, 0.15) is 12.1 Å². The molecule has 0 aromatic carbocycles. The second-order valence-corrected chi connectivity index (χ2v) is 7.42. The lowest BCUT2D eigenvalue weighted by Crippen LogP contribution is -2.29. The molecule has 2 fully saturated rings. The van der Waals surface area contributed by atoms with E-state index in [-0.39, 0.29) is 0 Å². The van der Waals surface area contributed by atoms with Crippen molar-refractivity contribution in [3.63, 3.8) is 0 Å². The first-order valence-corrected chi connectivity index (χ1v) is 8.82. The molecule has 2 aliphatic heterocycles. The van der Waals surface area contributed by atoms with E-state index in [1.54, 1.807) is 6.33 Å². The Hall–Kier alpha value is -2.28. The normalized spacial score (nSPS) is 23.1. The fraction of sp³-hybridized carbons (Fsp3) is 0.556. The summed E-state index contributed by atoms with van der Waals surface area (Å²) in [7, 11) is 3.92. The van der Waals surface area contributed by atoms with Gasteiger partial charge in [0.15, 0.2) is 0 Å². The van der Waals surface area contributed by atoms with Crippen molar-refractivity contribution >= 4 is 11.8 Å². The first-order valence-electron chi connectivity index (χ1n) is 8.82. The van der Waals surface area contributed by atoms with Crippen molar-refractivity contribution in [3.8, 4) is 0 Å². The third-order valence-corrected chi connectivity index (χ3v) is 5.17. The summed E-state index contributed by atoms with van der Waals surface area (Å²) in [5.74, 6) is 3.27. The first-order chi connectivity index (χ1) is 12.1. The summed E-state index contributed by atoms with van der Waals surface area (Å²) >= 11 is 0. The van der Waals surface area contributed by atoms with E-state index in [0.717, 1.165) is 62.0 Å². The van der Waals surface area contributed by atoms with Crippen molar-refractivity contribution in [2.24, 2.45) is 11.8 Å². The van der Waals surface area contributed by atoms with Crippen molar-refractivity contribution in [3.05, 3.63) is 36.0 Å². The average molecular weight is 339 g/mol. The van der Waals surface area contributed by atoms with Crippen LogP contribution in [0.3, 0.4) is 0 Å². The Labute approximate surface area is 148 Å². The van der Waals surface area contributed by atoms with Gasteiger partial charge in [0.05, 0.1) is 0 Å². The molecule has 2 saturated heterocycles. The second-order valence-electron chi connectivity index (χ2n) is 7.42. The standard InChI is InChI=1S/C18H25N7/c1-13-4-17(22-12-21-13)25-10-15-8-24(9-16(15)11-25)7-14-5-19-18(20-6-14)23(2)3/h4-6,12,15-16H,7-11H2,1-3H3. The van der Waals surface area contributed by atoms with Gasteiger partial charge in [0.2, 0.25) is 5.95 Å². The van der Waals surface area contributed by atoms with E-state index in [1.807, 2.05) is 38.3 Å². The molecule has 0 amide bonds. The van der Waals surface area contributed by atoms with Crippen LogP contribution in [0, 0.1) is 18.8 Å². The third kappa shape index (κ3) is 3.42. The van der Waals surface area contributed by atoms with Gasteiger partial charge in [-0.1, -0.05) is 0 Å². The van der Waals surface area contributed by atoms with E-state index in [1.165, 1.54) is 5.56 Å². The smallest absolute Gasteiger partial charge is 0.224 e. The second kappa shape index (κ2) is 6.55. The number of hydrogen-bond acceptors (Lipinski definition) is 7. The molecule has 0 N–H and O–H groups in total. The quantitative estimate of drug-likeness (QED) is 0.830. The van der Waals surface area contributed by atoms with E-state index in [4.69, 9.17) is 0 Å². The highest BCUT2D eigenvalue weighted by Gasteiger charge is 2.40. The van der Waals surface area contributed by atoms with E-state index in [2.05, 4.69) is 35.8 Å². The molecule has 2 atom stereocenters. The highest BCUT2D eigenvalue weighted by molar-refractivity contribution is 5.40. The van der Waals surface area contributed by atoms with Crippen LogP contribution < -0.4 is 9.80 Å². The van der Waals surface area contributed by atoms with Crippen LogP contribution in [0.5, 0.6) is 0 Å². The predicted octanol–water partition coefficient (Wildman–Crippen LogP) is 1.21. The number of aromatic nitrogens is 4. The molecule has 2 unspecified atom stereocenters. The Morgan fingerprint density at radius 1 is 1.00 bits per heavy atom. The van der Waals surface area contributed by atoms with Gasteiger partial charge in [0.25, 0.3) is 0 Å². The van der Waals surface area contributed by atoms with E-state index >= 15 is 0 Å². The summed E-state index contributed by atoms with van der Waals surface area (Å²) in [6.45, 7) is 7.42. The highest BCUT2D eigenvalue weighted by Crippen LogP contribution is 2.33.